The minimum atomic E-state index is -0.106. The maximum atomic E-state index is 6.33. The monoisotopic (exact) mass is 296 g/mol. The van der Waals surface area contributed by atoms with Gasteiger partial charge in [-0.1, -0.05) is 27.7 Å². The van der Waals surface area contributed by atoms with Gasteiger partial charge in [-0.05, 0) is 49.4 Å². The SMILES string of the molecule is CCC1(COC(C)OC2CC3CCC2(C)C3(C)C)COC1. The van der Waals surface area contributed by atoms with Crippen molar-refractivity contribution in [2.24, 2.45) is 22.2 Å². The molecule has 1 heterocycles. The average Bonchev–Trinajstić information content (AvgIpc) is 2.71. The van der Waals surface area contributed by atoms with Crippen LogP contribution in [0.5, 0.6) is 0 Å². The summed E-state index contributed by atoms with van der Waals surface area (Å²) in [6.45, 7) is 14.0. The molecular formula is C18H32O3. The zero-order valence-electron chi connectivity index (χ0n) is 14.4. The molecule has 122 valence electrons. The Balaban J connectivity index is 1.53. The van der Waals surface area contributed by atoms with Gasteiger partial charge in [-0.15, -0.1) is 0 Å². The topological polar surface area (TPSA) is 27.7 Å². The lowest BCUT2D eigenvalue weighted by atomic mass is 9.70. The summed E-state index contributed by atoms with van der Waals surface area (Å²) < 4.78 is 17.7. The van der Waals surface area contributed by atoms with Crippen LogP contribution in [0, 0.1) is 22.2 Å². The Hall–Kier alpha value is -0.120. The van der Waals surface area contributed by atoms with Crippen LogP contribution in [0.25, 0.3) is 0 Å². The van der Waals surface area contributed by atoms with Crippen molar-refractivity contribution < 1.29 is 14.2 Å². The smallest absolute Gasteiger partial charge is 0.155 e. The predicted octanol–water partition coefficient (Wildman–Crippen LogP) is 4.01. The number of ether oxygens (including phenoxy) is 3. The van der Waals surface area contributed by atoms with Crippen LogP contribution in [0.2, 0.25) is 0 Å². The number of rotatable bonds is 6. The summed E-state index contributed by atoms with van der Waals surface area (Å²) in [5, 5.41) is 0. The van der Waals surface area contributed by atoms with Gasteiger partial charge >= 0.3 is 0 Å². The highest BCUT2D eigenvalue weighted by molar-refractivity contribution is 5.11. The quantitative estimate of drug-likeness (QED) is 0.693. The summed E-state index contributed by atoms with van der Waals surface area (Å²) in [5.41, 5.74) is 0.969. The van der Waals surface area contributed by atoms with Crippen molar-refractivity contribution in [3.8, 4) is 0 Å². The molecule has 2 aliphatic carbocycles. The van der Waals surface area contributed by atoms with Gasteiger partial charge in [0.2, 0.25) is 0 Å². The van der Waals surface area contributed by atoms with Crippen LogP contribution < -0.4 is 0 Å². The molecule has 0 aromatic rings. The predicted molar refractivity (Wildman–Crippen MR) is 83.1 cm³/mol. The van der Waals surface area contributed by atoms with Gasteiger partial charge in [0.05, 0.1) is 25.9 Å². The molecule has 0 aromatic carbocycles. The van der Waals surface area contributed by atoms with Gasteiger partial charge in [-0.3, -0.25) is 0 Å². The minimum Gasteiger partial charge on any atom is -0.380 e. The van der Waals surface area contributed by atoms with Crippen molar-refractivity contribution in [2.75, 3.05) is 19.8 Å². The second-order valence-corrected chi connectivity index (χ2v) is 8.46. The molecule has 2 saturated carbocycles. The van der Waals surface area contributed by atoms with Crippen molar-refractivity contribution in [3.63, 3.8) is 0 Å². The van der Waals surface area contributed by atoms with Crippen LogP contribution in [-0.4, -0.2) is 32.2 Å². The van der Waals surface area contributed by atoms with Crippen molar-refractivity contribution in [1.82, 2.24) is 0 Å². The van der Waals surface area contributed by atoms with Crippen LogP contribution in [0.1, 0.15) is 60.3 Å². The Bertz CT molecular complexity index is 382. The molecular weight excluding hydrogens is 264 g/mol. The van der Waals surface area contributed by atoms with E-state index in [4.69, 9.17) is 14.2 Å². The average molecular weight is 296 g/mol. The second-order valence-electron chi connectivity index (χ2n) is 8.46. The summed E-state index contributed by atoms with van der Waals surface area (Å²) in [6, 6.07) is 0. The molecule has 0 aromatic heterocycles. The molecule has 4 atom stereocenters. The van der Waals surface area contributed by atoms with Crippen LogP contribution in [-0.2, 0) is 14.2 Å². The summed E-state index contributed by atoms with van der Waals surface area (Å²) >= 11 is 0. The van der Waals surface area contributed by atoms with Gasteiger partial charge in [0, 0.05) is 5.41 Å². The number of fused-ring (bicyclic) bond motifs is 2. The highest BCUT2D eigenvalue weighted by Gasteiger charge is 2.62. The van der Waals surface area contributed by atoms with Gasteiger partial charge < -0.3 is 14.2 Å². The lowest BCUT2D eigenvalue weighted by molar-refractivity contribution is -0.228. The van der Waals surface area contributed by atoms with Gasteiger partial charge in [-0.25, -0.2) is 0 Å². The molecule has 1 aliphatic heterocycles. The summed E-state index contributed by atoms with van der Waals surface area (Å²) in [5.74, 6) is 0.821. The van der Waals surface area contributed by atoms with Crippen molar-refractivity contribution in [2.45, 2.75) is 72.7 Å². The molecule has 0 N–H and O–H groups in total. The molecule has 3 fully saturated rings. The van der Waals surface area contributed by atoms with Gasteiger partial charge in [0.1, 0.15) is 0 Å². The maximum Gasteiger partial charge on any atom is 0.155 e. The Labute approximate surface area is 129 Å². The highest BCUT2D eigenvalue weighted by atomic mass is 16.7. The second kappa shape index (κ2) is 5.21. The van der Waals surface area contributed by atoms with Gasteiger partial charge in [0.25, 0.3) is 0 Å². The van der Waals surface area contributed by atoms with Crippen LogP contribution in [0.15, 0.2) is 0 Å². The van der Waals surface area contributed by atoms with Crippen LogP contribution in [0.4, 0.5) is 0 Å². The van der Waals surface area contributed by atoms with Crippen LogP contribution >= 0.6 is 0 Å². The molecule has 3 nitrogen and oxygen atoms in total. The van der Waals surface area contributed by atoms with Crippen LogP contribution in [0.3, 0.4) is 0 Å². The molecule has 0 spiro atoms. The molecule has 21 heavy (non-hydrogen) atoms. The Morgan fingerprint density at radius 1 is 1.24 bits per heavy atom. The first-order valence-electron chi connectivity index (χ1n) is 8.68. The third-order valence-corrected chi connectivity index (χ3v) is 7.26. The first-order valence-corrected chi connectivity index (χ1v) is 8.68. The number of hydrogen-bond acceptors (Lipinski definition) is 3. The first kappa shape index (κ1) is 15.8. The Morgan fingerprint density at radius 3 is 2.38 bits per heavy atom. The van der Waals surface area contributed by atoms with E-state index >= 15 is 0 Å². The molecule has 4 unspecified atom stereocenters. The third kappa shape index (κ3) is 2.36. The van der Waals surface area contributed by atoms with Crippen molar-refractivity contribution in [1.29, 1.82) is 0 Å². The zero-order valence-corrected chi connectivity index (χ0v) is 14.4. The van der Waals surface area contributed by atoms with E-state index in [1.807, 2.05) is 0 Å². The standard InChI is InChI=1S/C18H32O3/c1-6-18(10-19-11-18)12-20-13(2)21-15-9-14-7-8-17(15,5)16(14,3)4/h13-15H,6-12H2,1-5H3. The first-order chi connectivity index (χ1) is 9.83. The van der Waals surface area contributed by atoms with Crippen molar-refractivity contribution in [3.05, 3.63) is 0 Å². The fourth-order valence-corrected chi connectivity index (χ4v) is 4.68. The summed E-state index contributed by atoms with van der Waals surface area (Å²) in [7, 11) is 0. The van der Waals surface area contributed by atoms with Gasteiger partial charge in [-0.2, -0.15) is 0 Å². The van der Waals surface area contributed by atoms with E-state index < -0.39 is 0 Å². The molecule has 3 rings (SSSR count). The minimum absolute atomic E-state index is 0.106. The maximum absolute atomic E-state index is 6.33. The lowest BCUT2D eigenvalue weighted by Crippen LogP contribution is -2.47. The summed E-state index contributed by atoms with van der Waals surface area (Å²) in [4.78, 5) is 0. The highest BCUT2D eigenvalue weighted by Crippen LogP contribution is 2.66. The molecule has 3 heteroatoms. The van der Waals surface area contributed by atoms with E-state index in [9.17, 15) is 0 Å². The van der Waals surface area contributed by atoms with E-state index in [1.165, 1.54) is 19.3 Å². The number of hydrogen-bond donors (Lipinski definition) is 0. The summed E-state index contributed by atoms with van der Waals surface area (Å²) in [6.07, 6.45) is 5.25. The fraction of sp³-hybridized carbons (Fsp3) is 1.00. The molecule has 3 aliphatic rings. The largest absolute Gasteiger partial charge is 0.380 e. The van der Waals surface area contributed by atoms with E-state index in [-0.39, 0.29) is 11.7 Å². The van der Waals surface area contributed by atoms with E-state index in [1.54, 1.807) is 0 Å². The molecule has 0 amide bonds. The third-order valence-electron chi connectivity index (χ3n) is 7.26. The van der Waals surface area contributed by atoms with E-state index in [2.05, 4.69) is 34.6 Å². The molecule has 2 bridgehead atoms. The van der Waals surface area contributed by atoms with E-state index in [0.717, 1.165) is 32.2 Å². The molecule has 1 saturated heterocycles. The lowest BCUT2D eigenvalue weighted by Gasteiger charge is -2.42. The zero-order chi connectivity index (χ0) is 15.3. The molecule has 0 radical (unpaired) electrons. The van der Waals surface area contributed by atoms with Gasteiger partial charge in [0.15, 0.2) is 6.29 Å². The normalized spacial score (nSPS) is 41.0. The Kier molecular flexibility index (Phi) is 3.91. The Morgan fingerprint density at radius 2 is 1.95 bits per heavy atom. The van der Waals surface area contributed by atoms with E-state index in [0.29, 0.717) is 16.9 Å². The van der Waals surface area contributed by atoms with Crippen molar-refractivity contribution >= 4 is 0 Å². The fourth-order valence-electron chi connectivity index (χ4n) is 4.68.